The molecule has 0 bridgehead atoms. The topological polar surface area (TPSA) is 95.5 Å². The number of carboxylic acid groups (broad SMARTS) is 1. The van der Waals surface area contributed by atoms with Crippen LogP contribution in [0.2, 0.25) is 5.02 Å². The Bertz CT molecular complexity index is 588. The summed E-state index contributed by atoms with van der Waals surface area (Å²) >= 11 is 5.97. The molecule has 6 nitrogen and oxygen atoms in total. The molecule has 0 aromatic heterocycles. The van der Waals surface area contributed by atoms with E-state index >= 15 is 0 Å². The fourth-order valence-corrected chi connectivity index (χ4v) is 2.10. The van der Waals surface area contributed by atoms with Gasteiger partial charge < -0.3 is 15.7 Å². The number of amides is 2. The van der Waals surface area contributed by atoms with E-state index in [1.54, 1.807) is 12.1 Å². The van der Waals surface area contributed by atoms with E-state index in [1.165, 1.54) is 13.0 Å². The summed E-state index contributed by atoms with van der Waals surface area (Å²) in [6.07, 6.45) is 0.360. The largest absolute Gasteiger partial charge is 0.481 e. The number of nitrogens with one attached hydrogen (secondary N) is 2. The Kier molecular flexibility index (Phi) is 3.94. The van der Waals surface area contributed by atoms with Gasteiger partial charge in [0.2, 0.25) is 11.8 Å². The van der Waals surface area contributed by atoms with Crippen molar-refractivity contribution in [3.63, 3.8) is 0 Å². The van der Waals surface area contributed by atoms with E-state index in [9.17, 15) is 14.4 Å². The molecule has 1 aromatic rings. The van der Waals surface area contributed by atoms with Crippen LogP contribution in [0.25, 0.3) is 0 Å². The minimum Gasteiger partial charge on any atom is -0.481 e. The summed E-state index contributed by atoms with van der Waals surface area (Å²) < 4.78 is 0. The summed E-state index contributed by atoms with van der Waals surface area (Å²) in [5.41, 5.74) is 0.914. The summed E-state index contributed by atoms with van der Waals surface area (Å²) in [6.45, 7) is 1.37. The second-order valence-corrected chi connectivity index (χ2v) is 5.06. The van der Waals surface area contributed by atoms with E-state index in [1.807, 2.05) is 0 Å². The Hall–Kier alpha value is -2.08. The first-order chi connectivity index (χ1) is 9.38. The van der Waals surface area contributed by atoms with Crippen LogP contribution in [0.5, 0.6) is 0 Å². The van der Waals surface area contributed by atoms with Crippen molar-refractivity contribution in [2.24, 2.45) is 11.8 Å². The first-order valence-corrected chi connectivity index (χ1v) is 6.37. The summed E-state index contributed by atoms with van der Waals surface area (Å²) in [5.74, 6) is -2.61. The molecule has 1 aliphatic carbocycles. The van der Waals surface area contributed by atoms with Gasteiger partial charge in [-0.05, 0) is 24.6 Å². The number of halogens is 1. The van der Waals surface area contributed by atoms with Crippen molar-refractivity contribution >= 4 is 40.8 Å². The van der Waals surface area contributed by atoms with Crippen molar-refractivity contribution < 1.29 is 19.5 Å². The number of aliphatic carboxylic acids is 1. The van der Waals surface area contributed by atoms with Gasteiger partial charge in [0.15, 0.2) is 0 Å². The minimum atomic E-state index is -0.954. The molecule has 7 heteroatoms. The zero-order valence-corrected chi connectivity index (χ0v) is 11.4. The van der Waals surface area contributed by atoms with Crippen molar-refractivity contribution in [3.05, 3.63) is 23.2 Å². The molecule has 106 valence electrons. The summed E-state index contributed by atoms with van der Waals surface area (Å²) in [5, 5.41) is 14.2. The molecule has 2 atom stereocenters. The zero-order chi connectivity index (χ0) is 14.9. The zero-order valence-electron chi connectivity index (χ0n) is 10.6. The maximum Gasteiger partial charge on any atom is 0.307 e. The van der Waals surface area contributed by atoms with Gasteiger partial charge in [-0.1, -0.05) is 11.6 Å². The maximum atomic E-state index is 11.8. The van der Waals surface area contributed by atoms with E-state index in [0.717, 1.165) is 0 Å². The normalized spacial score (nSPS) is 20.1. The summed E-state index contributed by atoms with van der Waals surface area (Å²) in [4.78, 5) is 33.4. The number of hydrogen-bond acceptors (Lipinski definition) is 3. The average Bonchev–Trinajstić information content (AvgIpc) is 3.12. The van der Waals surface area contributed by atoms with E-state index in [4.69, 9.17) is 16.7 Å². The molecule has 1 aromatic carbocycles. The minimum absolute atomic E-state index is 0.244. The van der Waals surface area contributed by atoms with Crippen molar-refractivity contribution in [1.82, 2.24) is 0 Å². The van der Waals surface area contributed by atoms with Crippen LogP contribution in [0.4, 0.5) is 11.4 Å². The quantitative estimate of drug-likeness (QED) is 0.791. The number of carbonyl (C=O) groups excluding carboxylic acids is 2. The monoisotopic (exact) mass is 296 g/mol. The molecule has 1 saturated carbocycles. The lowest BCUT2D eigenvalue weighted by molar-refractivity contribution is -0.139. The van der Waals surface area contributed by atoms with Crippen LogP contribution in [0.15, 0.2) is 18.2 Å². The molecular weight excluding hydrogens is 284 g/mol. The lowest BCUT2D eigenvalue weighted by atomic mass is 10.2. The highest BCUT2D eigenvalue weighted by molar-refractivity contribution is 6.34. The molecule has 0 aliphatic heterocycles. The Morgan fingerprint density at radius 2 is 1.95 bits per heavy atom. The molecule has 0 spiro atoms. The molecular formula is C13H13ClN2O4. The van der Waals surface area contributed by atoms with Gasteiger partial charge >= 0.3 is 5.97 Å². The smallest absolute Gasteiger partial charge is 0.307 e. The summed E-state index contributed by atoms with van der Waals surface area (Å²) in [6, 6.07) is 4.66. The SMILES string of the molecule is CC(=O)Nc1ccc(NC(=O)C2CC2C(=O)O)cc1Cl. The third-order valence-corrected chi connectivity index (χ3v) is 3.30. The predicted octanol–water partition coefficient (Wildman–Crippen LogP) is 1.96. The van der Waals surface area contributed by atoms with Gasteiger partial charge in [0.05, 0.1) is 22.5 Å². The third-order valence-electron chi connectivity index (χ3n) is 2.99. The number of rotatable bonds is 4. The average molecular weight is 297 g/mol. The molecule has 2 amide bonds. The molecule has 3 N–H and O–H groups in total. The molecule has 2 unspecified atom stereocenters. The van der Waals surface area contributed by atoms with Crippen molar-refractivity contribution in [1.29, 1.82) is 0 Å². The van der Waals surface area contributed by atoms with Gasteiger partial charge in [-0.25, -0.2) is 0 Å². The second-order valence-electron chi connectivity index (χ2n) is 4.65. The van der Waals surface area contributed by atoms with Gasteiger partial charge in [0, 0.05) is 12.6 Å². The van der Waals surface area contributed by atoms with Crippen LogP contribution in [0, 0.1) is 11.8 Å². The first-order valence-electron chi connectivity index (χ1n) is 5.99. The van der Waals surface area contributed by atoms with Crippen LogP contribution >= 0.6 is 11.6 Å². The van der Waals surface area contributed by atoms with Gasteiger partial charge in [-0.2, -0.15) is 0 Å². The van der Waals surface area contributed by atoms with E-state index in [2.05, 4.69) is 10.6 Å². The fraction of sp³-hybridized carbons (Fsp3) is 0.308. The van der Waals surface area contributed by atoms with Gasteiger partial charge in [-0.3, -0.25) is 14.4 Å². The highest BCUT2D eigenvalue weighted by Crippen LogP contribution is 2.39. The molecule has 0 saturated heterocycles. The van der Waals surface area contributed by atoms with E-state index in [-0.39, 0.29) is 11.8 Å². The van der Waals surface area contributed by atoms with Gasteiger partial charge in [0.1, 0.15) is 0 Å². The maximum absolute atomic E-state index is 11.8. The van der Waals surface area contributed by atoms with Crippen molar-refractivity contribution in [2.45, 2.75) is 13.3 Å². The van der Waals surface area contributed by atoms with Gasteiger partial charge in [-0.15, -0.1) is 0 Å². The van der Waals surface area contributed by atoms with Crippen LogP contribution in [0.3, 0.4) is 0 Å². The van der Waals surface area contributed by atoms with Crippen LogP contribution < -0.4 is 10.6 Å². The van der Waals surface area contributed by atoms with E-state index in [0.29, 0.717) is 22.8 Å². The molecule has 2 rings (SSSR count). The number of carbonyl (C=O) groups is 3. The number of carboxylic acids is 1. The van der Waals surface area contributed by atoms with Gasteiger partial charge in [0.25, 0.3) is 0 Å². The fourth-order valence-electron chi connectivity index (χ4n) is 1.88. The second kappa shape index (κ2) is 5.50. The van der Waals surface area contributed by atoms with Crippen molar-refractivity contribution in [3.8, 4) is 0 Å². The lowest BCUT2D eigenvalue weighted by Crippen LogP contribution is -2.17. The van der Waals surface area contributed by atoms with Crippen molar-refractivity contribution in [2.75, 3.05) is 10.6 Å². The molecule has 1 fully saturated rings. The molecule has 0 heterocycles. The Balaban J connectivity index is 2.00. The third kappa shape index (κ3) is 3.27. The molecule has 20 heavy (non-hydrogen) atoms. The van der Waals surface area contributed by atoms with Crippen LogP contribution in [-0.2, 0) is 14.4 Å². The highest BCUT2D eigenvalue weighted by Gasteiger charge is 2.48. The predicted molar refractivity (Wildman–Crippen MR) is 73.6 cm³/mol. The summed E-state index contributed by atoms with van der Waals surface area (Å²) in [7, 11) is 0. The molecule has 1 aliphatic rings. The number of benzene rings is 1. The van der Waals surface area contributed by atoms with E-state index < -0.39 is 17.8 Å². The Morgan fingerprint density at radius 3 is 2.45 bits per heavy atom. The lowest BCUT2D eigenvalue weighted by Gasteiger charge is -2.08. The first kappa shape index (κ1) is 14.3. The van der Waals surface area contributed by atoms with Crippen LogP contribution in [0.1, 0.15) is 13.3 Å². The standard InChI is InChI=1S/C13H13ClN2O4/c1-6(17)15-11-3-2-7(4-10(11)14)16-12(18)8-5-9(8)13(19)20/h2-4,8-9H,5H2,1H3,(H,15,17)(H,16,18)(H,19,20). The number of anilines is 2. The highest BCUT2D eigenvalue weighted by atomic mass is 35.5. The Morgan fingerprint density at radius 1 is 1.25 bits per heavy atom. The Labute approximate surface area is 120 Å². The molecule has 0 radical (unpaired) electrons. The number of hydrogen-bond donors (Lipinski definition) is 3. The van der Waals surface area contributed by atoms with Crippen LogP contribution in [-0.4, -0.2) is 22.9 Å².